The minimum Gasteiger partial charge on any atom is -0.375 e. The Hall–Kier alpha value is -0.690. The molecule has 4 rings (SSSR count). The molecule has 4 aliphatic carbocycles. The van der Waals surface area contributed by atoms with Crippen LogP contribution in [0.4, 0.5) is 0 Å². The van der Waals surface area contributed by atoms with Crippen LogP contribution in [-0.2, 0) is 19.1 Å². The van der Waals surface area contributed by atoms with Crippen molar-refractivity contribution in [2.75, 3.05) is 13.2 Å². The molecule has 0 aromatic carbocycles. The lowest BCUT2D eigenvalue weighted by atomic mass is 9.47. The smallest absolute Gasteiger partial charge is 0.229 e. The summed E-state index contributed by atoms with van der Waals surface area (Å²) in [6.45, 7) is 18.2. The molecule has 252 valence electrons. The van der Waals surface area contributed by atoms with Crippen LogP contribution >= 0.6 is 11.9 Å². The Labute approximate surface area is 274 Å². The molecule has 0 saturated heterocycles. The lowest BCUT2D eigenvalue weighted by Crippen LogP contribution is -2.50. The second-order valence-corrected chi connectivity index (χ2v) is 17.6. The maximum absolute atomic E-state index is 12.6. The van der Waals surface area contributed by atoms with Crippen molar-refractivity contribution in [2.24, 2.45) is 40.4 Å². The lowest BCUT2D eigenvalue weighted by Gasteiger charge is -2.58. The van der Waals surface area contributed by atoms with Crippen LogP contribution in [0.15, 0.2) is 11.6 Å². The molecular weight excluding hydrogens is 566 g/mol. The number of Topliss-reactive ketones (excluding diaryl/α,β-unsaturated/α-hetero) is 1. The monoisotopic (exact) mass is 631 g/mol. The zero-order chi connectivity index (χ0) is 32.1. The number of nitrogens with one attached hydrogen (secondary N) is 1. The summed E-state index contributed by atoms with van der Waals surface area (Å²) < 4.78 is 15.4. The summed E-state index contributed by atoms with van der Waals surface area (Å²) in [5.74, 6) is 4.49. The van der Waals surface area contributed by atoms with Crippen LogP contribution in [0.5, 0.6) is 0 Å². The van der Waals surface area contributed by atoms with Crippen molar-refractivity contribution in [1.29, 1.82) is 0 Å². The predicted molar refractivity (Wildman–Crippen MR) is 183 cm³/mol. The molecule has 4 aliphatic rings. The van der Waals surface area contributed by atoms with Crippen molar-refractivity contribution < 1.29 is 19.1 Å². The molecule has 0 amide bonds. The van der Waals surface area contributed by atoms with E-state index in [1.807, 2.05) is 13.8 Å². The third-order valence-corrected chi connectivity index (χ3v) is 13.2. The molecule has 0 heterocycles. The molecule has 3 saturated carbocycles. The first-order chi connectivity index (χ1) is 20.7. The van der Waals surface area contributed by atoms with Gasteiger partial charge in [0.1, 0.15) is 12.4 Å². The second kappa shape index (κ2) is 15.5. The van der Waals surface area contributed by atoms with Gasteiger partial charge in [-0.2, -0.15) is 0 Å². The summed E-state index contributed by atoms with van der Waals surface area (Å²) in [5, 5.41) is 0.0345. The molecule has 0 aliphatic heterocycles. The van der Waals surface area contributed by atoms with Gasteiger partial charge >= 0.3 is 0 Å². The molecule has 0 bridgehead atoms. The van der Waals surface area contributed by atoms with Crippen molar-refractivity contribution in [3.8, 4) is 0 Å². The summed E-state index contributed by atoms with van der Waals surface area (Å²) in [6.07, 6.45) is 19.9. The van der Waals surface area contributed by atoms with Gasteiger partial charge in [-0.3, -0.25) is 14.3 Å². The van der Waals surface area contributed by atoms with Gasteiger partial charge in [-0.25, -0.2) is 0 Å². The van der Waals surface area contributed by atoms with Gasteiger partial charge in [0.15, 0.2) is 0 Å². The fourth-order valence-corrected chi connectivity index (χ4v) is 10.5. The molecule has 0 aromatic heterocycles. The second-order valence-electron chi connectivity index (χ2n) is 16.7. The Balaban J connectivity index is 1.20. The van der Waals surface area contributed by atoms with E-state index < -0.39 is 5.60 Å². The number of unbranched alkanes of at least 4 members (excludes halogenated alkanes) is 1. The predicted octanol–water partition coefficient (Wildman–Crippen LogP) is 9.48. The van der Waals surface area contributed by atoms with Crippen LogP contribution < -0.4 is 4.72 Å². The highest BCUT2D eigenvalue weighted by molar-refractivity contribution is 8.12. The van der Waals surface area contributed by atoms with E-state index in [1.54, 1.807) is 12.5 Å². The maximum atomic E-state index is 12.6. The van der Waals surface area contributed by atoms with Gasteiger partial charge < -0.3 is 9.47 Å². The average molecular weight is 632 g/mol. The highest BCUT2D eigenvalue weighted by Crippen LogP contribution is 2.66. The Morgan fingerprint density at radius 3 is 2.55 bits per heavy atom. The van der Waals surface area contributed by atoms with Gasteiger partial charge in [0.25, 0.3) is 0 Å². The van der Waals surface area contributed by atoms with E-state index in [0.717, 1.165) is 60.8 Å². The van der Waals surface area contributed by atoms with Crippen molar-refractivity contribution in [3.05, 3.63) is 11.6 Å². The number of hydrogen-bond acceptors (Lipinski definition) is 6. The first-order valence-electron chi connectivity index (χ1n) is 18.1. The summed E-state index contributed by atoms with van der Waals surface area (Å²) in [5.41, 5.74) is 2.05. The number of rotatable bonds is 16. The Bertz CT molecular complexity index is 1010. The number of carbonyl (C=O) groups excluding carboxylic acids is 2. The first kappa shape index (κ1) is 36.2. The molecule has 6 heteroatoms. The number of carbonyl (C=O) groups is 2. The highest BCUT2D eigenvalue weighted by Gasteiger charge is 2.58. The summed E-state index contributed by atoms with van der Waals surface area (Å²) >= 11 is 1.16. The minimum atomic E-state index is -0.448. The molecule has 8 atom stereocenters. The molecular formula is C38H65NO4S. The Morgan fingerprint density at radius 1 is 1.05 bits per heavy atom. The van der Waals surface area contributed by atoms with E-state index in [4.69, 9.17) is 9.47 Å². The van der Waals surface area contributed by atoms with Gasteiger partial charge in [0, 0.05) is 19.1 Å². The first-order valence-corrected chi connectivity index (χ1v) is 18.9. The fourth-order valence-electron chi connectivity index (χ4n) is 9.90. The quantitative estimate of drug-likeness (QED) is 0.104. The van der Waals surface area contributed by atoms with Gasteiger partial charge in [-0.15, -0.1) is 0 Å². The molecule has 5 nitrogen and oxygen atoms in total. The molecule has 44 heavy (non-hydrogen) atoms. The molecule has 0 radical (unpaired) electrons. The number of allylic oxidation sites excluding steroid dienone is 1. The van der Waals surface area contributed by atoms with Crippen LogP contribution in [0.2, 0.25) is 0 Å². The zero-order valence-electron chi connectivity index (χ0n) is 29.5. The van der Waals surface area contributed by atoms with E-state index in [-0.39, 0.29) is 29.7 Å². The maximum Gasteiger partial charge on any atom is 0.229 e. The number of ketones is 1. The summed E-state index contributed by atoms with van der Waals surface area (Å²) in [4.78, 5) is 24.1. The van der Waals surface area contributed by atoms with Crippen LogP contribution in [0.25, 0.3) is 0 Å². The largest absolute Gasteiger partial charge is 0.375 e. The highest BCUT2D eigenvalue weighted by atomic mass is 32.2. The van der Waals surface area contributed by atoms with Crippen LogP contribution in [0.1, 0.15) is 145 Å². The van der Waals surface area contributed by atoms with Crippen LogP contribution in [0.3, 0.4) is 0 Å². The van der Waals surface area contributed by atoms with Gasteiger partial charge in [-0.1, -0.05) is 58.6 Å². The number of hydrogen-bond donors (Lipinski definition) is 1. The molecule has 0 aromatic rings. The topological polar surface area (TPSA) is 64.6 Å². The van der Waals surface area contributed by atoms with E-state index in [2.05, 4.69) is 45.4 Å². The number of ether oxygens (including phenoxy) is 2. The summed E-state index contributed by atoms with van der Waals surface area (Å²) in [6, 6.07) is 0.130. The normalized spacial score (nSPS) is 34.2. The van der Waals surface area contributed by atoms with Crippen molar-refractivity contribution in [1.82, 2.24) is 4.72 Å². The standard InChI is InChI=1S/C38H65NO4S/c1-26(2)11-9-10-12-29-14-16-33-32-15-13-30-23-31(17-20-38(30,8)34(32)18-21-37(29,33)7)42-25-35(41)44-39-27(3)19-22-43-36(5,6)24-28(4)40/h13,26-27,29,31-34,39H,9-12,14-25H2,1-8H3. The fraction of sp³-hybridized carbons (Fsp3) is 0.895. The Kier molecular flexibility index (Phi) is 12.7. The molecule has 0 spiro atoms. The number of fused-ring (bicyclic) bond motifs is 5. The third-order valence-electron chi connectivity index (χ3n) is 12.4. The van der Waals surface area contributed by atoms with Crippen LogP contribution in [0, 0.1) is 40.4 Å². The van der Waals surface area contributed by atoms with Crippen LogP contribution in [-0.4, -0.2) is 41.9 Å². The van der Waals surface area contributed by atoms with Gasteiger partial charge in [0.2, 0.25) is 5.12 Å². The zero-order valence-corrected chi connectivity index (χ0v) is 30.3. The van der Waals surface area contributed by atoms with E-state index in [1.165, 1.54) is 64.2 Å². The third kappa shape index (κ3) is 9.01. The van der Waals surface area contributed by atoms with Gasteiger partial charge in [0.05, 0.1) is 11.7 Å². The van der Waals surface area contributed by atoms with Gasteiger partial charge in [-0.05, 0) is 144 Å². The summed E-state index contributed by atoms with van der Waals surface area (Å²) in [7, 11) is 0. The SMILES string of the molecule is CC(=O)CC(C)(C)OCCC(C)NSC(=O)COC1CCC2(C)C(=CCC3C2CCC2(C)C(CCCCC(C)C)CCC32)C1. The van der Waals surface area contributed by atoms with Crippen molar-refractivity contribution >= 4 is 22.8 Å². The van der Waals surface area contributed by atoms with E-state index in [9.17, 15) is 9.59 Å². The molecule has 8 unspecified atom stereocenters. The lowest BCUT2D eigenvalue weighted by molar-refractivity contribution is -0.123. The van der Waals surface area contributed by atoms with E-state index in [0.29, 0.717) is 23.9 Å². The minimum absolute atomic E-state index is 0.0345. The average Bonchev–Trinajstić information content (AvgIpc) is 3.28. The van der Waals surface area contributed by atoms with E-state index >= 15 is 0 Å². The van der Waals surface area contributed by atoms with Crippen molar-refractivity contribution in [2.45, 2.75) is 163 Å². The molecule has 1 N–H and O–H groups in total. The molecule has 3 fully saturated rings. The Morgan fingerprint density at radius 2 is 1.82 bits per heavy atom. The van der Waals surface area contributed by atoms with Crippen molar-refractivity contribution in [3.63, 3.8) is 0 Å².